The van der Waals surface area contributed by atoms with Gasteiger partial charge in [-0.3, -0.25) is 15.1 Å². The molecule has 1 aromatic carbocycles. The first-order valence-electron chi connectivity index (χ1n) is 8.50. The summed E-state index contributed by atoms with van der Waals surface area (Å²) in [6.45, 7) is 2.07. The van der Waals surface area contributed by atoms with E-state index in [9.17, 15) is 9.90 Å². The fourth-order valence-corrected chi connectivity index (χ4v) is 3.70. The molecule has 3 rings (SSSR count). The molecule has 1 aliphatic rings. The second-order valence-corrected chi connectivity index (χ2v) is 7.49. The van der Waals surface area contributed by atoms with Crippen molar-refractivity contribution in [2.45, 2.75) is 31.5 Å². The monoisotopic (exact) mass is 523 g/mol. The van der Waals surface area contributed by atoms with Gasteiger partial charge in [-0.05, 0) is 70.8 Å². The summed E-state index contributed by atoms with van der Waals surface area (Å²) >= 11 is 2.27. The van der Waals surface area contributed by atoms with E-state index in [4.69, 9.17) is 0 Å². The van der Waals surface area contributed by atoms with E-state index < -0.39 is 12.1 Å². The van der Waals surface area contributed by atoms with Crippen molar-refractivity contribution in [1.29, 1.82) is 0 Å². The second kappa shape index (κ2) is 11.8. The Morgan fingerprint density at radius 3 is 2.48 bits per heavy atom. The van der Waals surface area contributed by atoms with Crippen LogP contribution in [-0.2, 0) is 11.3 Å². The molecule has 0 radical (unpaired) electrons. The van der Waals surface area contributed by atoms with Crippen molar-refractivity contribution < 1.29 is 9.90 Å². The lowest BCUT2D eigenvalue weighted by atomic mass is 10.0. The van der Waals surface area contributed by atoms with E-state index in [-0.39, 0.29) is 30.7 Å². The molecule has 1 fully saturated rings. The smallest absolute Gasteiger partial charge is 0.242 e. The van der Waals surface area contributed by atoms with Gasteiger partial charge in [0.2, 0.25) is 5.91 Å². The lowest BCUT2D eigenvalue weighted by molar-refractivity contribution is -0.135. The van der Waals surface area contributed by atoms with Gasteiger partial charge in [0, 0.05) is 35.6 Å². The highest BCUT2D eigenvalue weighted by atomic mass is 127. The maximum Gasteiger partial charge on any atom is 0.242 e. The molecule has 2 N–H and O–H groups in total. The number of nitrogens with one attached hydrogen (secondary N) is 1. The van der Waals surface area contributed by atoms with Gasteiger partial charge in [0.15, 0.2) is 0 Å². The Kier molecular flexibility index (Phi) is 10.5. The van der Waals surface area contributed by atoms with E-state index in [1.807, 2.05) is 23.1 Å². The molecule has 1 amide bonds. The number of benzene rings is 1. The number of carbonyl (C=O) groups is 1. The highest BCUT2D eigenvalue weighted by molar-refractivity contribution is 14.1. The molecule has 2 aromatic rings. The highest BCUT2D eigenvalue weighted by Gasteiger charge is 2.32. The first-order chi connectivity index (χ1) is 12.1. The minimum atomic E-state index is -0.904. The van der Waals surface area contributed by atoms with Crippen molar-refractivity contribution in [1.82, 2.24) is 15.2 Å². The summed E-state index contributed by atoms with van der Waals surface area (Å²) in [5.74, 6) is -0.0348. The van der Waals surface area contributed by atoms with Crippen molar-refractivity contribution >= 4 is 53.3 Å². The van der Waals surface area contributed by atoms with Crippen LogP contribution < -0.4 is 5.32 Å². The van der Waals surface area contributed by atoms with Crippen LogP contribution in [0.1, 0.15) is 30.1 Å². The number of nitrogens with zero attached hydrogens (tertiary/aromatic N) is 2. The van der Waals surface area contributed by atoms with Gasteiger partial charge in [-0.1, -0.05) is 12.1 Å². The van der Waals surface area contributed by atoms with E-state index >= 15 is 0 Å². The molecule has 148 valence electrons. The fourth-order valence-electron chi connectivity index (χ4n) is 3.10. The van der Waals surface area contributed by atoms with Crippen LogP contribution in [0.5, 0.6) is 0 Å². The average Bonchev–Trinajstić information content (AvgIpc) is 3.17. The molecule has 8 heteroatoms. The third-order valence-corrected chi connectivity index (χ3v) is 5.13. The first-order valence-corrected chi connectivity index (χ1v) is 9.57. The van der Waals surface area contributed by atoms with E-state index in [0.29, 0.717) is 12.1 Å². The third kappa shape index (κ3) is 6.57. The summed E-state index contributed by atoms with van der Waals surface area (Å²) in [7, 11) is 0. The minimum Gasteiger partial charge on any atom is -0.386 e. The molecule has 0 unspecified atom stereocenters. The van der Waals surface area contributed by atoms with Crippen molar-refractivity contribution in [2.24, 2.45) is 0 Å². The van der Waals surface area contributed by atoms with Gasteiger partial charge in [-0.15, -0.1) is 24.8 Å². The van der Waals surface area contributed by atoms with Gasteiger partial charge < -0.3 is 10.0 Å². The Labute approximate surface area is 185 Å². The molecule has 5 nitrogen and oxygen atoms in total. The van der Waals surface area contributed by atoms with Crippen LogP contribution in [-0.4, -0.2) is 40.0 Å². The average molecular weight is 524 g/mol. The molecular weight excluding hydrogens is 500 g/mol. The molecule has 0 saturated carbocycles. The second-order valence-electron chi connectivity index (χ2n) is 6.25. The Hall–Kier alpha value is -0.930. The summed E-state index contributed by atoms with van der Waals surface area (Å²) < 4.78 is 1.15. The van der Waals surface area contributed by atoms with Gasteiger partial charge in [-0.2, -0.15) is 0 Å². The zero-order valence-corrected chi connectivity index (χ0v) is 18.5. The number of hydrogen-bond acceptors (Lipinski definition) is 4. The predicted octanol–water partition coefficient (Wildman–Crippen LogP) is 3.34. The molecule has 2 heterocycles. The first kappa shape index (κ1) is 24.1. The number of likely N-dealkylation sites (tertiary alicyclic amines) is 1. The number of amides is 1. The fraction of sp³-hybridized carbons (Fsp3) is 0.368. The summed E-state index contributed by atoms with van der Waals surface area (Å²) in [5, 5.41) is 14.1. The van der Waals surface area contributed by atoms with Crippen LogP contribution in [0.3, 0.4) is 0 Å². The minimum absolute atomic E-state index is 0. The lowest BCUT2D eigenvalue weighted by Crippen LogP contribution is -2.48. The molecule has 0 bridgehead atoms. The number of aliphatic hydroxyl groups is 1. The number of pyridine rings is 1. The number of halogens is 3. The molecule has 1 saturated heterocycles. The molecule has 1 aromatic heterocycles. The Morgan fingerprint density at radius 1 is 1.19 bits per heavy atom. The van der Waals surface area contributed by atoms with Gasteiger partial charge in [0.05, 0.1) is 0 Å². The van der Waals surface area contributed by atoms with Gasteiger partial charge in [0.1, 0.15) is 12.1 Å². The van der Waals surface area contributed by atoms with E-state index in [1.165, 1.54) is 0 Å². The van der Waals surface area contributed by atoms with Crippen LogP contribution in [0.15, 0.2) is 48.8 Å². The van der Waals surface area contributed by atoms with E-state index in [0.717, 1.165) is 35.1 Å². The van der Waals surface area contributed by atoms with Crippen LogP contribution in [0.4, 0.5) is 0 Å². The molecule has 1 aliphatic heterocycles. The predicted molar refractivity (Wildman–Crippen MR) is 119 cm³/mol. The Morgan fingerprint density at radius 2 is 1.85 bits per heavy atom. The van der Waals surface area contributed by atoms with Crippen molar-refractivity contribution in [3.8, 4) is 0 Å². The van der Waals surface area contributed by atoms with Crippen molar-refractivity contribution in [2.75, 3.05) is 13.1 Å². The Bertz CT molecular complexity index is 715. The van der Waals surface area contributed by atoms with Gasteiger partial charge >= 0.3 is 0 Å². The topological polar surface area (TPSA) is 65.5 Å². The summed E-state index contributed by atoms with van der Waals surface area (Å²) in [6, 6.07) is 11.0. The third-order valence-electron chi connectivity index (χ3n) is 4.46. The lowest BCUT2D eigenvalue weighted by Gasteiger charge is -2.28. The molecule has 27 heavy (non-hydrogen) atoms. The zero-order valence-electron chi connectivity index (χ0n) is 14.8. The zero-order chi connectivity index (χ0) is 17.6. The van der Waals surface area contributed by atoms with E-state index in [1.54, 1.807) is 24.5 Å². The molecule has 2 atom stereocenters. The maximum atomic E-state index is 12.9. The molecule has 0 aliphatic carbocycles. The van der Waals surface area contributed by atoms with Crippen molar-refractivity contribution in [3.05, 3.63) is 63.5 Å². The standard InChI is InChI=1S/C19H22IN3O2.2ClH/c20-16-5-3-4-14(12-16)13-22-17(19(25)23-10-1-2-11-23)18(24)15-6-8-21-9-7-15;;/h3-9,12,17-18,22,24H,1-2,10-11,13H2;2*1H/t17-,18+;;/m1../s1. The SMILES string of the molecule is Cl.Cl.O=C([C@H](NCc1cccc(I)c1)[C@@H](O)c1ccncc1)N1CCCC1. The van der Waals surface area contributed by atoms with Crippen molar-refractivity contribution in [3.63, 3.8) is 0 Å². The quantitative estimate of drug-likeness (QED) is 0.570. The van der Waals surface area contributed by atoms with Crippen LogP contribution in [0.2, 0.25) is 0 Å². The number of hydrogen-bond donors (Lipinski definition) is 2. The van der Waals surface area contributed by atoms with Crippen LogP contribution in [0, 0.1) is 3.57 Å². The van der Waals surface area contributed by atoms with E-state index in [2.05, 4.69) is 39.0 Å². The number of carbonyl (C=O) groups excluding carboxylic acids is 1. The van der Waals surface area contributed by atoms with Crippen LogP contribution >= 0.6 is 47.4 Å². The van der Waals surface area contributed by atoms with Gasteiger partial charge in [0.25, 0.3) is 0 Å². The maximum absolute atomic E-state index is 12.9. The number of aliphatic hydroxyl groups excluding tert-OH is 1. The number of rotatable bonds is 6. The van der Waals surface area contributed by atoms with Crippen LogP contribution in [0.25, 0.3) is 0 Å². The largest absolute Gasteiger partial charge is 0.386 e. The highest BCUT2D eigenvalue weighted by Crippen LogP contribution is 2.20. The molecule has 0 spiro atoms. The summed E-state index contributed by atoms with van der Waals surface area (Å²) in [4.78, 5) is 18.8. The Balaban J connectivity index is 0.00000182. The summed E-state index contributed by atoms with van der Waals surface area (Å²) in [5.41, 5.74) is 1.79. The molecular formula is C19H24Cl2IN3O2. The normalized spacial score (nSPS) is 15.4. The van der Waals surface area contributed by atoms with Gasteiger partial charge in [-0.25, -0.2) is 0 Å². The summed E-state index contributed by atoms with van der Waals surface area (Å²) in [6.07, 6.45) is 4.42. The number of aromatic nitrogens is 1.